The minimum Gasteiger partial charge on any atom is -0.254 e. The van der Waals surface area contributed by atoms with Gasteiger partial charge >= 0.3 is 0 Å². The lowest BCUT2D eigenvalue weighted by atomic mass is 9.63. The Morgan fingerprint density at radius 1 is 0.438 bits per heavy atom. The van der Waals surface area contributed by atoms with Gasteiger partial charge in [-0.2, -0.15) is 0 Å². The Morgan fingerprint density at radius 2 is 0.854 bits per heavy atom. The highest BCUT2D eigenvalue weighted by atomic mass is 14.7. The van der Waals surface area contributed by atoms with Crippen molar-refractivity contribution < 1.29 is 0 Å². The van der Waals surface area contributed by atoms with Crippen molar-refractivity contribution in [1.82, 2.24) is 19.9 Å². The Kier molecular flexibility index (Phi) is 5.41. The van der Waals surface area contributed by atoms with Crippen molar-refractivity contribution in [2.24, 2.45) is 23.7 Å². The molecule has 48 heavy (non-hydrogen) atoms. The molecule has 4 aliphatic carbocycles. The first-order valence-corrected chi connectivity index (χ1v) is 17.2. The molecule has 4 aliphatic rings. The third-order valence-electron chi connectivity index (χ3n) is 12.3. The predicted molar refractivity (Wildman–Crippen MR) is 194 cm³/mol. The largest absolute Gasteiger partial charge is 0.254 e. The van der Waals surface area contributed by atoms with Crippen LogP contribution >= 0.6 is 0 Å². The van der Waals surface area contributed by atoms with Gasteiger partial charge in [0, 0.05) is 51.7 Å². The lowest BCUT2D eigenvalue weighted by Crippen LogP contribution is -2.36. The molecular weight excluding hydrogens is 585 g/mol. The highest BCUT2D eigenvalue weighted by Crippen LogP contribution is 2.73. The first kappa shape index (κ1) is 26.6. The fourth-order valence-electron chi connectivity index (χ4n) is 10.6. The SMILES string of the molecule is c1cnc2c(c1)cc(-c1ccc(C3(c4ccc(-c5cc6cccnc6c6ncccc56)cc4)C4CC5CC4CC53)cc1)c1cccnc12. The van der Waals surface area contributed by atoms with Crippen LogP contribution in [0.5, 0.6) is 0 Å². The zero-order chi connectivity index (χ0) is 31.4. The molecule has 0 spiro atoms. The number of pyridine rings is 4. The van der Waals surface area contributed by atoms with Crippen LogP contribution in [0.15, 0.2) is 134 Å². The molecule has 0 aliphatic heterocycles. The molecule has 0 amide bonds. The highest BCUT2D eigenvalue weighted by molar-refractivity contribution is 6.11. The molecule has 0 N–H and O–H groups in total. The van der Waals surface area contributed by atoms with Crippen LogP contribution in [0.25, 0.3) is 65.9 Å². The van der Waals surface area contributed by atoms with Crippen LogP contribution in [0.3, 0.4) is 0 Å². The summed E-state index contributed by atoms with van der Waals surface area (Å²) in [7, 11) is 0. The number of hydrogen-bond donors (Lipinski definition) is 0. The van der Waals surface area contributed by atoms with Crippen LogP contribution in [-0.2, 0) is 5.41 Å². The van der Waals surface area contributed by atoms with Crippen molar-refractivity contribution in [3.05, 3.63) is 145 Å². The minimum absolute atomic E-state index is 0.0680. The van der Waals surface area contributed by atoms with E-state index in [1.165, 1.54) is 52.6 Å². The lowest BCUT2D eigenvalue weighted by Gasteiger charge is -2.39. The molecule has 4 fully saturated rings. The van der Waals surface area contributed by atoms with E-state index in [2.05, 4.69) is 94.9 Å². The Morgan fingerprint density at radius 3 is 1.29 bits per heavy atom. The number of hydrogen-bond acceptors (Lipinski definition) is 4. The van der Waals surface area contributed by atoms with E-state index >= 15 is 0 Å². The maximum atomic E-state index is 4.76. The van der Waals surface area contributed by atoms with Gasteiger partial charge in [0.05, 0.1) is 22.1 Å². The van der Waals surface area contributed by atoms with Gasteiger partial charge in [0.2, 0.25) is 0 Å². The second kappa shape index (κ2) is 9.77. The van der Waals surface area contributed by atoms with Gasteiger partial charge in [0.1, 0.15) is 0 Å². The Balaban J connectivity index is 1.04. The van der Waals surface area contributed by atoms with Gasteiger partial charge in [-0.1, -0.05) is 72.8 Å². The van der Waals surface area contributed by atoms with E-state index in [1.807, 2.05) is 49.1 Å². The molecule has 0 saturated heterocycles. The third kappa shape index (κ3) is 3.50. The number of rotatable bonds is 4. The summed E-state index contributed by atoms with van der Waals surface area (Å²) in [5.74, 6) is 3.09. The molecule has 12 rings (SSSR count). The van der Waals surface area contributed by atoms with Gasteiger partial charge in [-0.25, -0.2) is 0 Å². The summed E-state index contributed by atoms with van der Waals surface area (Å²) in [5.41, 5.74) is 11.8. The monoisotopic (exact) mass is 616 g/mol. The first-order chi connectivity index (χ1) is 23.8. The molecule has 4 aromatic heterocycles. The van der Waals surface area contributed by atoms with Crippen molar-refractivity contribution in [3.63, 3.8) is 0 Å². The van der Waals surface area contributed by atoms with E-state index in [0.29, 0.717) is 11.8 Å². The van der Waals surface area contributed by atoms with Crippen molar-refractivity contribution >= 4 is 43.6 Å². The van der Waals surface area contributed by atoms with Crippen molar-refractivity contribution in [2.75, 3.05) is 0 Å². The van der Waals surface area contributed by atoms with Crippen LogP contribution in [0.2, 0.25) is 0 Å². The molecule has 4 heteroatoms. The van der Waals surface area contributed by atoms with Crippen molar-refractivity contribution in [3.8, 4) is 22.3 Å². The molecule has 4 atom stereocenters. The summed E-state index contributed by atoms with van der Waals surface area (Å²) in [6, 6.07) is 40.5. The highest BCUT2D eigenvalue weighted by Gasteiger charge is 2.68. The summed E-state index contributed by atoms with van der Waals surface area (Å²) >= 11 is 0. The smallest absolute Gasteiger partial charge is 0.0970 e. The molecule has 4 saturated carbocycles. The molecule has 4 unspecified atom stereocenters. The summed E-state index contributed by atoms with van der Waals surface area (Å²) in [6.07, 6.45) is 11.6. The Bertz CT molecular complexity index is 2390. The van der Waals surface area contributed by atoms with Crippen molar-refractivity contribution in [2.45, 2.75) is 24.7 Å². The predicted octanol–water partition coefficient (Wildman–Crippen LogP) is 10.2. The molecule has 8 aromatic rings. The van der Waals surface area contributed by atoms with Gasteiger partial charge in [-0.05, 0) is 113 Å². The number of fused-ring (bicyclic) bond motifs is 6. The summed E-state index contributed by atoms with van der Waals surface area (Å²) in [6.45, 7) is 0. The molecule has 4 nitrogen and oxygen atoms in total. The topological polar surface area (TPSA) is 51.6 Å². The third-order valence-corrected chi connectivity index (χ3v) is 12.3. The fourth-order valence-corrected chi connectivity index (χ4v) is 10.6. The maximum absolute atomic E-state index is 4.76. The molecule has 228 valence electrons. The maximum Gasteiger partial charge on any atom is 0.0970 e. The van der Waals surface area contributed by atoms with Crippen molar-refractivity contribution in [1.29, 1.82) is 0 Å². The Hall–Kier alpha value is -5.48. The summed E-state index contributed by atoms with van der Waals surface area (Å²) in [4.78, 5) is 18.9. The molecule has 4 bridgehead atoms. The zero-order valence-electron chi connectivity index (χ0n) is 26.4. The molecule has 0 radical (unpaired) electrons. The first-order valence-electron chi connectivity index (χ1n) is 17.2. The van der Waals surface area contributed by atoms with Gasteiger partial charge in [-0.15, -0.1) is 0 Å². The zero-order valence-corrected chi connectivity index (χ0v) is 26.4. The minimum atomic E-state index is 0.0680. The molecular formula is C44H32N4. The van der Waals surface area contributed by atoms with E-state index < -0.39 is 0 Å². The Labute approximate surface area is 278 Å². The van der Waals surface area contributed by atoms with Gasteiger partial charge in [0.25, 0.3) is 0 Å². The number of nitrogens with zero attached hydrogens (tertiary/aromatic N) is 4. The quantitative estimate of drug-likeness (QED) is 0.185. The van der Waals surface area contributed by atoms with E-state index in [1.54, 1.807) is 0 Å². The molecule has 4 aromatic carbocycles. The van der Waals surface area contributed by atoms with Crippen LogP contribution in [-0.4, -0.2) is 19.9 Å². The average molecular weight is 617 g/mol. The van der Waals surface area contributed by atoms with Crippen LogP contribution in [0.1, 0.15) is 30.4 Å². The van der Waals surface area contributed by atoms with Crippen LogP contribution in [0, 0.1) is 23.7 Å². The van der Waals surface area contributed by atoms with E-state index in [4.69, 9.17) is 9.97 Å². The van der Waals surface area contributed by atoms with Gasteiger partial charge in [-0.3, -0.25) is 19.9 Å². The fraction of sp³-hybridized carbons (Fsp3) is 0.182. The summed E-state index contributed by atoms with van der Waals surface area (Å²) < 4.78 is 0. The van der Waals surface area contributed by atoms with E-state index in [0.717, 1.165) is 55.4 Å². The average Bonchev–Trinajstić information content (AvgIpc) is 3.92. The van der Waals surface area contributed by atoms with Gasteiger partial charge < -0.3 is 0 Å². The molecule has 4 heterocycles. The lowest BCUT2D eigenvalue weighted by molar-refractivity contribution is 0.300. The van der Waals surface area contributed by atoms with Crippen LogP contribution in [0.4, 0.5) is 0 Å². The summed E-state index contributed by atoms with van der Waals surface area (Å²) in [5, 5.41) is 4.55. The van der Waals surface area contributed by atoms with Crippen LogP contribution < -0.4 is 0 Å². The second-order valence-electron chi connectivity index (χ2n) is 14.3. The number of aromatic nitrogens is 4. The van der Waals surface area contributed by atoms with E-state index in [9.17, 15) is 0 Å². The number of benzene rings is 4. The standard InChI is InChI=1S/C44H32N4/c1-5-28-22-36(34-7-3-19-47-42(34)40(28)45-17-1)26-9-13-32(14-10-26)44(38-24-30-21-31(38)25-39(30)44)33-15-11-27(12-16-33)37-23-29-6-2-18-46-41(29)43-35(37)8-4-20-48-43/h1-20,22-23,30-31,38-39H,21,24-25H2. The van der Waals surface area contributed by atoms with E-state index in [-0.39, 0.29) is 5.41 Å². The normalized spacial score (nSPS) is 22.1. The second-order valence-corrected chi connectivity index (χ2v) is 14.3. The van der Waals surface area contributed by atoms with Gasteiger partial charge in [0.15, 0.2) is 0 Å².